The fourth-order valence-corrected chi connectivity index (χ4v) is 2.52. The number of hydrogen-bond acceptors (Lipinski definition) is 3. The molecule has 0 unspecified atom stereocenters. The highest BCUT2D eigenvalue weighted by Gasteiger charge is 2.16. The molecule has 5 nitrogen and oxygen atoms in total. The van der Waals surface area contributed by atoms with Crippen molar-refractivity contribution in [1.29, 1.82) is 0 Å². The smallest absolute Gasteiger partial charge is 0.258 e. The Morgan fingerprint density at radius 2 is 1.80 bits per heavy atom. The van der Waals surface area contributed by atoms with E-state index >= 15 is 0 Å². The summed E-state index contributed by atoms with van der Waals surface area (Å²) in [6.07, 6.45) is 0. The molecule has 2 aromatic carbocycles. The minimum Gasteiger partial charge on any atom is -0.483 e. The summed E-state index contributed by atoms with van der Waals surface area (Å²) in [7, 11) is 0. The van der Waals surface area contributed by atoms with E-state index in [9.17, 15) is 9.59 Å². The summed E-state index contributed by atoms with van der Waals surface area (Å²) in [4.78, 5) is 24.3. The van der Waals surface area contributed by atoms with Gasteiger partial charge < -0.3 is 15.4 Å². The minimum absolute atomic E-state index is 0.114. The molecule has 1 atom stereocenters. The van der Waals surface area contributed by atoms with E-state index in [-0.39, 0.29) is 24.5 Å². The predicted molar refractivity (Wildman–Crippen MR) is 97.7 cm³/mol. The zero-order chi connectivity index (χ0) is 18.2. The first-order valence-corrected chi connectivity index (χ1v) is 8.37. The molecule has 2 N–H and O–H groups in total. The van der Waals surface area contributed by atoms with E-state index in [1.165, 1.54) is 0 Å². The lowest BCUT2D eigenvalue weighted by Crippen LogP contribution is -2.32. The molecular formula is C20H24N2O3. The molecule has 0 saturated heterocycles. The number of carbonyl (C=O) groups excluding carboxylic acids is 2. The molecule has 0 fully saturated rings. The third-order valence-electron chi connectivity index (χ3n) is 3.82. The topological polar surface area (TPSA) is 67.4 Å². The lowest BCUT2D eigenvalue weighted by atomic mass is 10.1. The summed E-state index contributed by atoms with van der Waals surface area (Å²) in [5.74, 6) is -0.00307. The Labute approximate surface area is 148 Å². The van der Waals surface area contributed by atoms with E-state index in [1.807, 2.05) is 57.2 Å². The Morgan fingerprint density at radius 1 is 1.08 bits per heavy atom. The zero-order valence-electron chi connectivity index (χ0n) is 14.8. The standard InChI is InChI=1S/C20H24N2O3/c1-4-21-20(24)17-12-8-9-14(2)19(17)25-13-18(23)22-15(3)16-10-6-5-7-11-16/h5-12,15H,4,13H2,1-3H3,(H,21,24)(H,22,23)/t15-/m0/s1. The molecule has 132 valence electrons. The molecule has 0 aromatic heterocycles. The van der Waals surface area contributed by atoms with Crippen molar-refractivity contribution in [2.45, 2.75) is 26.8 Å². The molecule has 0 spiro atoms. The van der Waals surface area contributed by atoms with Gasteiger partial charge in [-0.3, -0.25) is 9.59 Å². The van der Waals surface area contributed by atoms with E-state index in [2.05, 4.69) is 10.6 Å². The number of hydrogen-bond donors (Lipinski definition) is 2. The third-order valence-corrected chi connectivity index (χ3v) is 3.82. The summed E-state index contributed by atoms with van der Waals surface area (Å²) in [6, 6.07) is 14.9. The van der Waals surface area contributed by atoms with Gasteiger partial charge in [-0.15, -0.1) is 0 Å². The second kappa shape index (κ2) is 8.87. The first-order chi connectivity index (χ1) is 12.0. The van der Waals surface area contributed by atoms with Crippen LogP contribution in [-0.2, 0) is 4.79 Å². The Balaban J connectivity index is 2.01. The molecule has 0 aliphatic heterocycles. The van der Waals surface area contributed by atoms with E-state index in [0.717, 1.165) is 11.1 Å². The maximum Gasteiger partial charge on any atom is 0.258 e. The number of ether oxygens (including phenoxy) is 1. The number of benzene rings is 2. The van der Waals surface area contributed by atoms with E-state index < -0.39 is 0 Å². The maximum atomic E-state index is 12.2. The highest BCUT2D eigenvalue weighted by atomic mass is 16.5. The Morgan fingerprint density at radius 3 is 2.48 bits per heavy atom. The van der Waals surface area contributed by atoms with Crippen molar-refractivity contribution in [1.82, 2.24) is 10.6 Å². The molecule has 2 amide bonds. The van der Waals surface area contributed by atoms with Crippen molar-refractivity contribution < 1.29 is 14.3 Å². The number of nitrogens with one attached hydrogen (secondary N) is 2. The molecule has 0 heterocycles. The first kappa shape index (κ1) is 18.5. The summed E-state index contributed by atoms with van der Waals surface area (Å²) in [5.41, 5.74) is 2.27. The van der Waals surface area contributed by atoms with Crippen LogP contribution in [0.3, 0.4) is 0 Å². The van der Waals surface area contributed by atoms with Crippen LogP contribution in [0.1, 0.15) is 41.4 Å². The van der Waals surface area contributed by atoms with Gasteiger partial charge in [0, 0.05) is 6.54 Å². The van der Waals surface area contributed by atoms with Crippen LogP contribution in [0.4, 0.5) is 0 Å². The van der Waals surface area contributed by atoms with Crippen LogP contribution < -0.4 is 15.4 Å². The van der Waals surface area contributed by atoms with E-state index in [0.29, 0.717) is 17.9 Å². The van der Waals surface area contributed by atoms with Gasteiger partial charge in [0.1, 0.15) is 5.75 Å². The number of amides is 2. The molecule has 0 bridgehead atoms. The average molecular weight is 340 g/mol. The van der Waals surface area contributed by atoms with Crippen LogP contribution in [-0.4, -0.2) is 25.0 Å². The van der Waals surface area contributed by atoms with Gasteiger partial charge in [-0.2, -0.15) is 0 Å². The van der Waals surface area contributed by atoms with Gasteiger partial charge in [0.25, 0.3) is 11.8 Å². The van der Waals surface area contributed by atoms with E-state index in [1.54, 1.807) is 12.1 Å². The number of para-hydroxylation sites is 1. The van der Waals surface area contributed by atoms with Crippen LogP contribution in [0.25, 0.3) is 0 Å². The summed E-state index contributed by atoms with van der Waals surface area (Å²) in [5, 5.41) is 5.65. The second-order valence-corrected chi connectivity index (χ2v) is 5.80. The maximum absolute atomic E-state index is 12.2. The Hall–Kier alpha value is -2.82. The average Bonchev–Trinajstić information content (AvgIpc) is 2.61. The number of aryl methyl sites for hydroxylation is 1. The second-order valence-electron chi connectivity index (χ2n) is 5.80. The van der Waals surface area contributed by atoms with Gasteiger partial charge in [-0.1, -0.05) is 42.5 Å². The first-order valence-electron chi connectivity index (χ1n) is 8.37. The highest BCUT2D eigenvalue weighted by Crippen LogP contribution is 2.23. The number of rotatable bonds is 7. The molecule has 0 radical (unpaired) electrons. The van der Waals surface area contributed by atoms with Crippen LogP contribution in [0.15, 0.2) is 48.5 Å². The lowest BCUT2D eigenvalue weighted by molar-refractivity contribution is -0.123. The molecule has 0 aliphatic carbocycles. The van der Waals surface area contributed by atoms with Gasteiger partial charge in [-0.25, -0.2) is 0 Å². The summed E-state index contributed by atoms with van der Waals surface area (Å²) >= 11 is 0. The van der Waals surface area contributed by atoms with Gasteiger partial charge in [-0.05, 0) is 38.0 Å². The van der Waals surface area contributed by atoms with Crippen molar-refractivity contribution in [2.75, 3.05) is 13.2 Å². The van der Waals surface area contributed by atoms with Crippen LogP contribution in [0.2, 0.25) is 0 Å². The fraction of sp³-hybridized carbons (Fsp3) is 0.300. The van der Waals surface area contributed by atoms with Crippen molar-refractivity contribution in [2.24, 2.45) is 0 Å². The van der Waals surface area contributed by atoms with Crippen molar-refractivity contribution in [3.8, 4) is 5.75 Å². The van der Waals surface area contributed by atoms with Crippen molar-refractivity contribution >= 4 is 11.8 Å². The molecule has 2 rings (SSSR count). The molecule has 0 saturated carbocycles. The van der Waals surface area contributed by atoms with Gasteiger partial charge in [0.05, 0.1) is 11.6 Å². The Kier molecular flexibility index (Phi) is 6.57. The normalized spacial score (nSPS) is 11.5. The quantitative estimate of drug-likeness (QED) is 0.814. The van der Waals surface area contributed by atoms with Gasteiger partial charge in [0.15, 0.2) is 6.61 Å². The monoisotopic (exact) mass is 340 g/mol. The molecule has 25 heavy (non-hydrogen) atoms. The third kappa shape index (κ3) is 5.08. The summed E-state index contributed by atoms with van der Waals surface area (Å²) < 4.78 is 5.66. The molecule has 5 heteroatoms. The zero-order valence-corrected chi connectivity index (χ0v) is 14.8. The highest BCUT2D eigenvalue weighted by molar-refractivity contribution is 5.97. The fourth-order valence-electron chi connectivity index (χ4n) is 2.52. The van der Waals surface area contributed by atoms with Crippen LogP contribution >= 0.6 is 0 Å². The van der Waals surface area contributed by atoms with Crippen LogP contribution in [0.5, 0.6) is 5.75 Å². The molecule has 2 aromatic rings. The SMILES string of the molecule is CCNC(=O)c1cccc(C)c1OCC(=O)N[C@@H](C)c1ccccc1. The molecule has 0 aliphatic rings. The number of carbonyl (C=O) groups is 2. The summed E-state index contributed by atoms with van der Waals surface area (Å²) in [6.45, 7) is 6.01. The van der Waals surface area contributed by atoms with Gasteiger partial charge >= 0.3 is 0 Å². The lowest BCUT2D eigenvalue weighted by Gasteiger charge is -2.16. The van der Waals surface area contributed by atoms with E-state index in [4.69, 9.17) is 4.74 Å². The Bertz CT molecular complexity index is 729. The predicted octanol–water partition coefficient (Wildman–Crippen LogP) is 3.00. The van der Waals surface area contributed by atoms with Crippen LogP contribution in [0, 0.1) is 6.92 Å². The van der Waals surface area contributed by atoms with Gasteiger partial charge in [0.2, 0.25) is 0 Å². The van der Waals surface area contributed by atoms with Crippen molar-refractivity contribution in [3.63, 3.8) is 0 Å². The largest absolute Gasteiger partial charge is 0.483 e. The molecular weight excluding hydrogens is 316 g/mol. The minimum atomic E-state index is -0.235. The van der Waals surface area contributed by atoms with Crippen molar-refractivity contribution in [3.05, 3.63) is 65.2 Å².